The molecule has 110 valence electrons. The standard InChI is InChI=1S/C19H22O2/c1-12-6-5-7-13(2)17(12)18(20)14-8-9-16-15(10-14)11-19(3,4)21-16/h5-10,18,20H,11H2,1-4H3. The molecule has 1 N–H and O–H groups in total. The molecule has 0 bridgehead atoms. The van der Waals surface area contributed by atoms with Gasteiger partial charge in [-0.25, -0.2) is 0 Å². The van der Waals surface area contributed by atoms with Gasteiger partial charge in [0, 0.05) is 6.42 Å². The maximum Gasteiger partial charge on any atom is 0.123 e. The molecule has 1 unspecified atom stereocenters. The molecule has 0 aromatic heterocycles. The highest BCUT2D eigenvalue weighted by Gasteiger charge is 2.30. The number of aliphatic hydroxyl groups excluding tert-OH is 1. The van der Waals surface area contributed by atoms with Crippen LogP contribution in [-0.2, 0) is 6.42 Å². The number of aryl methyl sites for hydroxylation is 2. The summed E-state index contributed by atoms with van der Waals surface area (Å²) < 4.78 is 5.90. The molecular weight excluding hydrogens is 260 g/mol. The van der Waals surface area contributed by atoms with Crippen molar-refractivity contribution < 1.29 is 9.84 Å². The van der Waals surface area contributed by atoms with Gasteiger partial charge in [0.25, 0.3) is 0 Å². The van der Waals surface area contributed by atoms with Crippen LogP contribution < -0.4 is 4.74 Å². The fraction of sp³-hybridized carbons (Fsp3) is 0.368. The summed E-state index contributed by atoms with van der Waals surface area (Å²) in [6.07, 6.45) is 0.301. The Hall–Kier alpha value is -1.80. The quantitative estimate of drug-likeness (QED) is 0.898. The summed E-state index contributed by atoms with van der Waals surface area (Å²) in [6.45, 7) is 8.28. The summed E-state index contributed by atoms with van der Waals surface area (Å²) in [4.78, 5) is 0. The molecule has 1 aliphatic rings. The van der Waals surface area contributed by atoms with Crippen molar-refractivity contribution in [3.8, 4) is 5.75 Å². The van der Waals surface area contributed by atoms with Gasteiger partial charge in [0.05, 0.1) is 0 Å². The van der Waals surface area contributed by atoms with Crippen LogP contribution in [0.3, 0.4) is 0 Å². The Morgan fingerprint density at radius 2 is 1.76 bits per heavy atom. The second kappa shape index (κ2) is 4.88. The number of aliphatic hydroxyl groups is 1. The van der Waals surface area contributed by atoms with Crippen LogP contribution in [-0.4, -0.2) is 10.7 Å². The van der Waals surface area contributed by atoms with Gasteiger partial charge < -0.3 is 9.84 Å². The van der Waals surface area contributed by atoms with E-state index in [0.717, 1.165) is 34.4 Å². The van der Waals surface area contributed by atoms with E-state index in [1.807, 2.05) is 44.2 Å². The molecule has 2 aromatic carbocycles. The van der Waals surface area contributed by atoms with E-state index in [1.54, 1.807) is 0 Å². The molecule has 2 aromatic rings. The molecule has 1 aliphatic heterocycles. The van der Waals surface area contributed by atoms with E-state index in [0.29, 0.717) is 0 Å². The fourth-order valence-corrected chi connectivity index (χ4v) is 3.22. The number of hydrogen-bond donors (Lipinski definition) is 1. The predicted molar refractivity (Wildman–Crippen MR) is 84.8 cm³/mol. The Kier molecular flexibility index (Phi) is 3.29. The van der Waals surface area contributed by atoms with Crippen LogP contribution in [0.4, 0.5) is 0 Å². The van der Waals surface area contributed by atoms with E-state index >= 15 is 0 Å². The van der Waals surface area contributed by atoms with Crippen molar-refractivity contribution in [2.24, 2.45) is 0 Å². The molecule has 0 saturated carbocycles. The average Bonchev–Trinajstić information content (AvgIpc) is 2.70. The molecule has 2 nitrogen and oxygen atoms in total. The van der Waals surface area contributed by atoms with E-state index in [1.165, 1.54) is 5.56 Å². The first-order valence-electron chi connectivity index (χ1n) is 7.43. The van der Waals surface area contributed by atoms with Crippen molar-refractivity contribution in [1.82, 2.24) is 0 Å². The lowest BCUT2D eigenvalue weighted by Crippen LogP contribution is -2.24. The fourth-order valence-electron chi connectivity index (χ4n) is 3.22. The van der Waals surface area contributed by atoms with Crippen LogP contribution in [0.15, 0.2) is 36.4 Å². The van der Waals surface area contributed by atoms with Gasteiger partial charge in [-0.05, 0) is 67.6 Å². The molecule has 0 spiro atoms. The Bertz CT molecular complexity index is 666. The predicted octanol–water partition coefficient (Wildman–Crippen LogP) is 4.10. The van der Waals surface area contributed by atoms with Crippen molar-refractivity contribution in [3.63, 3.8) is 0 Å². The van der Waals surface area contributed by atoms with E-state index in [9.17, 15) is 5.11 Å². The smallest absolute Gasteiger partial charge is 0.123 e. The second-order valence-electron chi connectivity index (χ2n) is 6.61. The maximum absolute atomic E-state index is 10.8. The Morgan fingerprint density at radius 3 is 2.43 bits per heavy atom. The summed E-state index contributed by atoms with van der Waals surface area (Å²) in [5.41, 5.74) is 5.23. The summed E-state index contributed by atoms with van der Waals surface area (Å²) >= 11 is 0. The Balaban J connectivity index is 1.99. The van der Waals surface area contributed by atoms with Crippen LogP contribution >= 0.6 is 0 Å². The van der Waals surface area contributed by atoms with Gasteiger partial charge in [0.15, 0.2) is 0 Å². The summed E-state index contributed by atoms with van der Waals surface area (Å²) in [7, 11) is 0. The molecule has 1 heterocycles. The van der Waals surface area contributed by atoms with Crippen molar-refractivity contribution >= 4 is 0 Å². The van der Waals surface area contributed by atoms with Gasteiger partial charge in [-0.15, -0.1) is 0 Å². The molecule has 0 aliphatic carbocycles. The summed E-state index contributed by atoms with van der Waals surface area (Å²) in [5.74, 6) is 0.942. The van der Waals surface area contributed by atoms with Gasteiger partial charge in [0.1, 0.15) is 17.5 Å². The van der Waals surface area contributed by atoms with Gasteiger partial charge >= 0.3 is 0 Å². The molecule has 3 rings (SSSR count). The van der Waals surface area contributed by atoms with E-state index < -0.39 is 6.10 Å². The first-order valence-corrected chi connectivity index (χ1v) is 7.43. The summed E-state index contributed by atoms with van der Waals surface area (Å²) in [5, 5.41) is 10.8. The monoisotopic (exact) mass is 282 g/mol. The minimum absolute atomic E-state index is 0.148. The molecule has 1 atom stereocenters. The van der Waals surface area contributed by atoms with E-state index in [4.69, 9.17) is 4.74 Å². The second-order valence-corrected chi connectivity index (χ2v) is 6.61. The average molecular weight is 282 g/mol. The lowest BCUT2D eigenvalue weighted by atomic mass is 9.91. The number of fused-ring (bicyclic) bond motifs is 1. The third-order valence-corrected chi connectivity index (χ3v) is 4.22. The first kappa shape index (κ1) is 14.2. The zero-order valence-electron chi connectivity index (χ0n) is 13.1. The van der Waals surface area contributed by atoms with Crippen molar-refractivity contribution in [1.29, 1.82) is 0 Å². The zero-order chi connectivity index (χ0) is 15.2. The minimum atomic E-state index is -0.583. The van der Waals surface area contributed by atoms with Gasteiger partial charge in [0.2, 0.25) is 0 Å². The number of hydrogen-bond acceptors (Lipinski definition) is 2. The highest BCUT2D eigenvalue weighted by atomic mass is 16.5. The Labute approximate surface area is 126 Å². The molecule has 2 heteroatoms. The van der Waals surface area contributed by atoms with E-state index in [2.05, 4.69) is 19.9 Å². The van der Waals surface area contributed by atoms with Crippen LogP contribution in [0.2, 0.25) is 0 Å². The highest BCUT2D eigenvalue weighted by Crippen LogP contribution is 2.37. The lowest BCUT2D eigenvalue weighted by molar-refractivity contribution is 0.138. The van der Waals surface area contributed by atoms with Gasteiger partial charge in [-0.3, -0.25) is 0 Å². The van der Waals surface area contributed by atoms with Crippen LogP contribution in [0, 0.1) is 13.8 Å². The third-order valence-electron chi connectivity index (χ3n) is 4.22. The largest absolute Gasteiger partial charge is 0.487 e. The molecule has 0 saturated heterocycles. The maximum atomic E-state index is 10.8. The van der Waals surface area contributed by atoms with Crippen molar-refractivity contribution in [3.05, 3.63) is 64.2 Å². The normalized spacial score (nSPS) is 17.2. The molecular formula is C19H22O2. The molecule has 0 amide bonds. The Morgan fingerprint density at radius 1 is 1.10 bits per heavy atom. The summed E-state index contributed by atoms with van der Waals surface area (Å²) in [6, 6.07) is 12.2. The van der Waals surface area contributed by atoms with E-state index in [-0.39, 0.29) is 5.60 Å². The molecule has 21 heavy (non-hydrogen) atoms. The van der Waals surface area contributed by atoms with Gasteiger partial charge in [-0.2, -0.15) is 0 Å². The molecule has 0 fully saturated rings. The highest BCUT2D eigenvalue weighted by molar-refractivity contribution is 5.46. The lowest BCUT2D eigenvalue weighted by Gasteiger charge is -2.17. The van der Waals surface area contributed by atoms with Crippen LogP contribution in [0.1, 0.15) is 47.8 Å². The van der Waals surface area contributed by atoms with Crippen LogP contribution in [0.5, 0.6) is 5.75 Å². The minimum Gasteiger partial charge on any atom is -0.487 e. The first-order chi connectivity index (χ1) is 9.87. The van der Waals surface area contributed by atoms with Gasteiger partial charge in [-0.1, -0.05) is 24.3 Å². The number of rotatable bonds is 2. The van der Waals surface area contributed by atoms with Crippen molar-refractivity contribution in [2.75, 3.05) is 0 Å². The third kappa shape index (κ3) is 2.56. The topological polar surface area (TPSA) is 29.5 Å². The SMILES string of the molecule is Cc1cccc(C)c1C(O)c1ccc2c(c1)CC(C)(C)O2. The number of ether oxygens (including phenoxy) is 1. The zero-order valence-corrected chi connectivity index (χ0v) is 13.1. The molecule has 0 radical (unpaired) electrons. The van der Waals surface area contributed by atoms with Crippen molar-refractivity contribution in [2.45, 2.75) is 45.8 Å². The van der Waals surface area contributed by atoms with Crippen LogP contribution in [0.25, 0.3) is 0 Å². The number of benzene rings is 2.